The molecule has 1 aromatic heterocycles. The first-order chi connectivity index (χ1) is 5.75. The second-order valence-corrected chi connectivity index (χ2v) is 2.11. The van der Waals surface area contributed by atoms with Crippen LogP contribution < -0.4 is 0 Å². The first kappa shape index (κ1) is 8.34. The number of rotatable bonds is 2. The number of aromatic carboxylic acids is 1. The molecule has 0 atom stereocenters. The summed E-state index contributed by atoms with van der Waals surface area (Å²) in [4.78, 5) is 14.2. The number of hydrogen-bond donors (Lipinski definition) is 1. The molecular formula is C8H8N2O2. The summed E-state index contributed by atoms with van der Waals surface area (Å²) in [7, 11) is 0. The van der Waals surface area contributed by atoms with Gasteiger partial charge in [0, 0.05) is 12.4 Å². The molecule has 0 aliphatic rings. The minimum atomic E-state index is -1.03. The predicted molar refractivity (Wildman–Crippen MR) is 42.6 cm³/mol. The molecule has 0 spiro atoms. The van der Waals surface area contributed by atoms with Crippen LogP contribution in [0.15, 0.2) is 12.4 Å². The van der Waals surface area contributed by atoms with Crippen LogP contribution in [-0.2, 0) is 6.54 Å². The zero-order valence-corrected chi connectivity index (χ0v) is 6.61. The minimum Gasteiger partial charge on any atom is -0.475 e. The topological polar surface area (TPSA) is 55.1 Å². The van der Waals surface area contributed by atoms with E-state index in [9.17, 15) is 4.79 Å². The highest BCUT2D eigenvalue weighted by molar-refractivity contribution is 5.83. The number of nitrogens with zero attached hydrogens (tertiary/aromatic N) is 2. The van der Waals surface area contributed by atoms with Gasteiger partial charge in [0.05, 0.1) is 6.54 Å². The van der Waals surface area contributed by atoms with E-state index in [1.165, 1.54) is 10.8 Å². The number of carboxylic acids is 1. The first-order valence-electron chi connectivity index (χ1n) is 3.39. The average Bonchev–Trinajstić information content (AvgIpc) is 2.48. The van der Waals surface area contributed by atoms with E-state index in [1.54, 1.807) is 13.1 Å². The molecule has 1 aromatic rings. The molecule has 4 nitrogen and oxygen atoms in total. The van der Waals surface area contributed by atoms with Crippen LogP contribution in [0.2, 0.25) is 0 Å². The maximum atomic E-state index is 10.5. The molecule has 0 amide bonds. The Kier molecular flexibility index (Phi) is 2.49. The SMILES string of the molecule is CC#CCn1ccnc1C(=O)O. The van der Waals surface area contributed by atoms with Gasteiger partial charge in [-0.05, 0) is 6.92 Å². The Labute approximate surface area is 69.8 Å². The Hall–Kier alpha value is -1.76. The van der Waals surface area contributed by atoms with E-state index in [-0.39, 0.29) is 5.82 Å². The zero-order valence-electron chi connectivity index (χ0n) is 6.61. The van der Waals surface area contributed by atoms with Gasteiger partial charge in [0.2, 0.25) is 5.82 Å². The molecule has 0 radical (unpaired) electrons. The molecular weight excluding hydrogens is 156 g/mol. The van der Waals surface area contributed by atoms with Crippen LogP contribution in [0.3, 0.4) is 0 Å². The standard InChI is InChI=1S/C8H8N2O2/c1-2-3-5-10-6-4-9-7(10)8(11)12/h4,6H,5H2,1H3,(H,11,12). The fourth-order valence-corrected chi connectivity index (χ4v) is 0.799. The molecule has 12 heavy (non-hydrogen) atoms. The van der Waals surface area contributed by atoms with Crippen LogP contribution in [0, 0.1) is 11.8 Å². The molecule has 0 fully saturated rings. The Morgan fingerprint density at radius 2 is 2.58 bits per heavy atom. The summed E-state index contributed by atoms with van der Waals surface area (Å²) in [5.41, 5.74) is 0. The fourth-order valence-electron chi connectivity index (χ4n) is 0.799. The van der Waals surface area contributed by atoms with Crippen LogP contribution in [0.25, 0.3) is 0 Å². The summed E-state index contributed by atoms with van der Waals surface area (Å²) in [5.74, 6) is 4.43. The minimum absolute atomic E-state index is 0.0257. The normalized spacial score (nSPS) is 8.75. The van der Waals surface area contributed by atoms with Crippen LogP contribution in [0.5, 0.6) is 0 Å². The fraction of sp³-hybridized carbons (Fsp3) is 0.250. The van der Waals surface area contributed by atoms with Crippen LogP contribution in [0.4, 0.5) is 0 Å². The summed E-state index contributed by atoms with van der Waals surface area (Å²) in [5, 5.41) is 8.62. The third kappa shape index (κ3) is 1.64. The first-order valence-corrected chi connectivity index (χ1v) is 3.39. The molecule has 0 aromatic carbocycles. The summed E-state index contributed by atoms with van der Waals surface area (Å²) in [6.07, 6.45) is 3.04. The quantitative estimate of drug-likeness (QED) is 0.651. The van der Waals surface area contributed by atoms with Crippen molar-refractivity contribution in [3.8, 4) is 11.8 Å². The highest BCUT2D eigenvalue weighted by atomic mass is 16.4. The lowest BCUT2D eigenvalue weighted by Gasteiger charge is -1.96. The molecule has 0 aliphatic heterocycles. The summed E-state index contributed by atoms with van der Waals surface area (Å²) in [6.45, 7) is 2.08. The lowest BCUT2D eigenvalue weighted by atomic mass is 10.5. The van der Waals surface area contributed by atoms with Gasteiger partial charge in [-0.25, -0.2) is 9.78 Å². The van der Waals surface area contributed by atoms with Gasteiger partial charge < -0.3 is 9.67 Å². The molecule has 0 saturated carbocycles. The van der Waals surface area contributed by atoms with Gasteiger partial charge in [0.15, 0.2) is 0 Å². The van der Waals surface area contributed by atoms with Crippen molar-refractivity contribution in [3.63, 3.8) is 0 Å². The molecule has 1 rings (SSSR count). The Morgan fingerprint density at radius 3 is 3.17 bits per heavy atom. The van der Waals surface area contributed by atoms with Crippen molar-refractivity contribution in [2.45, 2.75) is 13.5 Å². The van der Waals surface area contributed by atoms with Crippen LogP contribution in [-0.4, -0.2) is 20.6 Å². The molecule has 0 saturated heterocycles. The lowest BCUT2D eigenvalue weighted by molar-refractivity contribution is 0.0679. The van der Waals surface area contributed by atoms with Crippen molar-refractivity contribution in [1.29, 1.82) is 0 Å². The summed E-state index contributed by atoms with van der Waals surface area (Å²) >= 11 is 0. The second kappa shape index (κ2) is 3.58. The number of aromatic nitrogens is 2. The van der Waals surface area contributed by atoms with Gasteiger partial charge in [0.25, 0.3) is 0 Å². The highest BCUT2D eigenvalue weighted by Gasteiger charge is 2.08. The molecule has 0 bridgehead atoms. The highest BCUT2D eigenvalue weighted by Crippen LogP contribution is 1.95. The van der Waals surface area contributed by atoms with Gasteiger partial charge in [-0.15, -0.1) is 5.92 Å². The Balaban J connectivity index is 2.89. The molecule has 1 N–H and O–H groups in total. The molecule has 0 aliphatic carbocycles. The number of carbonyl (C=O) groups is 1. The third-order valence-corrected chi connectivity index (χ3v) is 1.33. The largest absolute Gasteiger partial charge is 0.475 e. The Bertz CT molecular complexity index is 343. The average molecular weight is 164 g/mol. The van der Waals surface area contributed by atoms with Crippen molar-refractivity contribution in [3.05, 3.63) is 18.2 Å². The number of carboxylic acid groups (broad SMARTS) is 1. The molecule has 62 valence electrons. The molecule has 1 heterocycles. The van der Waals surface area contributed by atoms with E-state index in [0.29, 0.717) is 6.54 Å². The second-order valence-electron chi connectivity index (χ2n) is 2.11. The number of hydrogen-bond acceptors (Lipinski definition) is 2. The van der Waals surface area contributed by atoms with E-state index in [4.69, 9.17) is 5.11 Å². The van der Waals surface area contributed by atoms with E-state index in [0.717, 1.165) is 0 Å². The maximum Gasteiger partial charge on any atom is 0.372 e. The monoisotopic (exact) mass is 164 g/mol. The number of imidazole rings is 1. The van der Waals surface area contributed by atoms with Crippen LogP contribution in [0.1, 0.15) is 17.5 Å². The van der Waals surface area contributed by atoms with Gasteiger partial charge in [0.1, 0.15) is 0 Å². The van der Waals surface area contributed by atoms with E-state index in [2.05, 4.69) is 16.8 Å². The van der Waals surface area contributed by atoms with Crippen molar-refractivity contribution < 1.29 is 9.90 Å². The third-order valence-electron chi connectivity index (χ3n) is 1.33. The van der Waals surface area contributed by atoms with Crippen molar-refractivity contribution in [2.75, 3.05) is 0 Å². The van der Waals surface area contributed by atoms with Crippen molar-refractivity contribution in [2.24, 2.45) is 0 Å². The van der Waals surface area contributed by atoms with Gasteiger partial charge >= 0.3 is 5.97 Å². The van der Waals surface area contributed by atoms with E-state index < -0.39 is 5.97 Å². The van der Waals surface area contributed by atoms with Gasteiger partial charge in [-0.3, -0.25) is 0 Å². The van der Waals surface area contributed by atoms with Crippen molar-refractivity contribution >= 4 is 5.97 Å². The van der Waals surface area contributed by atoms with E-state index in [1.807, 2.05) is 0 Å². The molecule has 0 unspecified atom stereocenters. The smallest absolute Gasteiger partial charge is 0.372 e. The molecule has 4 heteroatoms. The summed E-state index contributed by atoms with van der Waals surface area (Å²) < 4.78 is 1.48. The lowest BCUT2D eigenvalue weighted by Crippen LogP contribution is -2.08. The van der Waals surface area contributed by atoms with Crippen LogP contribution >= 0.6 is 0 Å². The van der Waals surface area contributed by atoms with Gasteiger partial charge in [-0.2, -0.15) is 0 Å². The zero-order chi connectivity index (χ0) is 8.97. The predicted octanol–water partition coefficient (Wildman–Crippen LogP) is 0.605. The van der Waals surface area contributed by atoms with Crippen molar-refractivity contribution in [1.82, 2.24) is 9.55 Å². The van der Waals surface area contributed by atoms with E-state index >= 15 is 0 Å². The Morgan fingerprint density at radius 1 is 1.83 bits per heavy atom. The maximum absolute atomic E-state index is 10.5. The summed E-state index contributed by atoms with van der Waals surface area (Å²) in [6, 6.07) is 0. The van der Waals surface area contributed by atoms with Gasteiger partial charge in [-0.1, -0.05) is 5.92 Å².